The monoisotopic (exact) mass is 526 g/mol. The van der Waals surface area contributed by atoms with E-state index in [1.807, 2.05) is 13.8 Å². The van der Waals surface area contributed by atoms with Crippen LogP contribution in [0, 0.1) is 26.8 Å². The van der Waals surface area contributed by atoms with Crippen LogP contribution in [-0.2, 0) is 32.0 Å². The summed E-state index contributed by atoms with van der Waals surface area (Å²) in [5.74, 6) is 0. The number of nitrogens with two attached hydrogens (primary N) is 1. The summed E-state index contributed by atoms with van der Waals surface area (Å²) >= 11 is 5.05. The van der Waals surface area contributed by atoms with Gasteiger partial charge in [0.15, 0.2) is 0 Å². The molecule has 8 nitrogen and oxygen atoms in total. The molecule has 27 heavy (non-hydrogen) atoms. The van der Waals surface area contributed by atoms with Crippen LogP contribution in [0.4, 0.5) is 10.0 Å². The van der Waals surface area contributed by atoms with Crippen LogP contribution < -0.4 is 5.73 Å². The number of nitrogen functional groups attached to an aromatic ring is 1. The van der Waals surface area contributed by atoms with E-state index in [0.29, 0.717) is 0 Å². The highest BCUT2D eigenvalue weighted by atomic mass is 127. The van der Waals surface area contributed by atoms with E-state index in [1.165, 1.54) is 22.5 Å². The maximum Gasteiger partial charge on any atom is 0.373 e. The van der Waals surface area contributed by atoms with Gasteiger partial charge >= 0.3 is 17.3 Å². The van der Waals surface area contributed by atoms with E-state index < -0.39 is 0 Å². The van der Waals surface area contributed by atoms with Crippen LogP contribution >= 0.6 is 45.3 Å². The molecule has 2 aromatic rings. The summed E-state index contributed by atoms with van der Waals surface area (Å²) < 4.78 is 1.04. The number of hydrogen-bond acceptors (Lipinski definition) is 9. The van der Waals surface area contributed by atoms with Crippen LogP contribution in [-0.4, -0.2) is 17.2 Å². The lowest BCUT2D eigenvalue weighted by atomic mass is 10.2. The van der Waals surface area contributed by atoms with Crippen molar-refractivity contribution in [2.45, 2.75) is 40.5 Å². The molecule has 0 atom stereocenters. The second-order valence-corrected chi connectivity index (χ2v) is 8.39. The Labute approximate surface area is 178 Å². The largest absolute Gasteiger partial charge is 0.390 e. The molecule has 11 heteroatoms. The van der Waals surface area contributed by atoms with E-state index in [2.05, 4.69) is 41.8 Å². The van der Waals surface area contributed by atoms with Gasteiger partial charge in [-0.25, -0.2) is 0 Å². The molecule has 0 bridgehead atoms. The Morgan fingerprint density at radius 1 is 1.11 bits per heavy atom. The lowest BCUT2D eigenvalue weighted by Crippen LogP contribution is -1.88. The van der Waals surface area contributed by atoms with Crippen LogP contribution in [0.5, 0.6) is 0 Å². The minimum Gasteiger partial charge on any atom is -0.390 e. The molecular weight excluding hydrogens is 507 g/mol. The molecule has 2 rings (SSSR count). The van der Waals surface area contributed by atoms with E-state index >= 15 is 0 Å². The molecule has 0 aliphatic heterocycles. The molecule has 2 heterocycles. The summed E-state index contributed by atoms with van der Waals surface area (Å²) in [5.41, 5.74) is 10.2. The van der Waals surface area contributed by atoms with Gasteiger partial charge in [-0.1, -0.05) is 25.2 Å². The maximum atomic E-state index is 10.5. The minimum absolute atomic E-state index is 0.250. The molecule has 0 aliphatic rings. The second-order valence-electron chi connectivity index (χ2n) is 4.67. The number of halogens is 1. The van der Waals surface area contributed by atoms with Gasteiger partial charge in [-0.3, -0.25) is 10.1 Å². The van der Waals surface area contributed by atoms with Gasteiger partial charge in [0.05, 0.1) is 12.8 Å². The molecule has 0 spiro atoms. The van der Waals surface area contributed by atoms with Gasteiger partial charge in [0.2, 0.25) is 0 Å². The fourth-order valence-electron chi connectivity index (χ4n) is 1.90. The Hall–Kier alpha value is -1.91. The zero-order valence-corrected chi connectivity index (χ0v) is 19.0. The molecule has 0 aromatic carbocycles. The van der Waals surface area contributed by atoms with E-state index in [-0.39, 0.29) is 22.2 Å². The summed E-state index contributed by atoms with van der Waals surface area (Å²) in [7, 11) is 0. The zero-order valence-electron chi connectivity index (χ0n) is 15.2. The predicted molar refractivity (Wildman–Crippen MR) is 111 cm³/mol. The lowest BCUT2D eigenvalue weighted by Gasteiger charge is -1.92. The topological polar surface area (TPSA) is 137 Å². The van der Waals surface area contributed by atoms with Crippen LogP contribution in [0.25, 0.3) is 0 Å². The first-order chi connectivity index (χ1) is 12.7. The van der Waals surface area contributed by atoms with Gasteiger partial charge in [0.25, 0.3) is 0 Å². The molecule has 0 unspecified atom stereocenters. The van der Waals surface area contributed by atoms with Crippen molar-refractivity contribution in [2.24, 2.45) is 0 Å². The number of thiophene rings is 2. The number of nitro groups is 1. The third kappa shape index (κ3) is 9.55. The van der Waals surface area contributed by atoms with Gasteiger partial charge in [0.1, 0.15) is 0 Å². The SMILES string of the molecule is CCc1c(I)sc([N+](=O)[O-])c1C.CCc1csc(N)c1C.O=C=O.O=C=O. The van der Waals surface area contributed by atoms with E-state index in [1.54, 1.807) is 11.3 Å². The molecule has 0 amide bonds. The van der Waals surface area contributed by atoms with Crippen LogP contribution in [0.1, 0.15) is 36.1 Å². The summed E-state index contributed by atoms with van der Waals surface area (Å²) in [6.07, 6.45) is 2.47. The normalized spacial score (nSPS) is 8.48. The Morgan fingerprint density at radius 3 is 1.78 bits per heavy atom. The smallest absolute Gasteiger partial charge is 0.373 e. The lowest BCUT2D eigenvalue weighted by molar-refractivity contribution is -0.380. The molecule has 0 saturated heterocycles. The number of carbonyl (C=O) groups excluding carboxylic acids is 4. The first kappa shape index (κ1) is 27.3. The third-order valence-electron chi connectivity index (χ3n) is 3.28. The summed E-state index contributed by atoms with van der Waals surface area (Å²) in [5, 5.41) is 13.9. The molecule has 0 aliphatic carbocycles. The molecule has 0 saturated carbocycles. The number of nitrogens with zero attached hydrogens (tertiary/aromatic N) is 1. The summed E-state index contributed by atoms with van der Waals surface area (Å²) in [6, 6.07) is 0. The fourth-order valence-corrected chi connectivity index (χ4v) is 5.17. The van der Waals surface area contributed by atoms with Crippen molar-refractivity contribution in [3.05, 3.63) is 40.6 Å². The zero-order chi connectivity index (χ0) is 21.6. The standard InChI is InChI=1S/C7H8INO2S.C7H11NS.2CO2/c1-3-5-4(2)7(9(10)11)12-6(5)8;1-3-6-4-9-7(8)5(6)2;2*2-1-3/h3H2,1-2H3;4H,3,8H2,1-2H3;;. The molecule has 0 radical (unpaired) electrons. The average Bonchev–Trinajstić information content (AvgIpc) is 3.08. The predicted octanol–water partition coefficient (Wildman–Crippen LogP) is 4.17. The van der Waals surface area contributed by atoms with Gasteiger partial charge < -0.3 is 5.73 Å². The molecule has 2 aromatic heterocycles. The number of anilines is 1. The Balaban J connectivity index is 0. The minimum atomic E-state index is -0.304. The van der Waals surface area contributed by atoms with Crippen LogP contribution in [0.15, 0.2) is 5.38 Å². The Kier molecular flexibility index (Phi) is 15.4. The van der Waals surface area contributed by atoms with E-state index in [9.17, 15) is 10.1 Å². The average molecular weight is 526 g/mol. The van der Waals surface area contributed by atoms with Crippen molar-refractivity contribution < 1.29 is 24.1 Å². The summed E-state index contributed by atoms with van der Waals surface area (Å²) in [4.78, 5) is 42.7. The van der Waals surface area contributed by atoms with Gasteiger partial charge in [-0.05, 0) is 71.4 Å². The van der Waals surface area contributed by atoms with Gasteiger partial charge in [0, 0.05) is 5.56 Å². The molecule has 2 N–H and O–H groups in total. The van der Waals surface area contributed by atoms with Crippen LogP contribution in [0.2, 0.25) is 0 Å². The highest BCUT2D eigenvalue weighted by Gasteiger charge is 2.19. The second kappa shape index (κ2) is 15.2. The van der Waals surface area contributed by atoms with Crippen molar-refractivity contribution in [2.75, 3.05) is 5.73 Å². The van der Waals surface area contributed by atoms with Gasteiger partial charge in [-0.15, -0.1) is 11.3 Å². The molecule has 148 valence electrons. The summed E-state index contributed by atoms with van der Waals surface area (Å²) in [6.45, 7) is 8.05. The number of hydrogen-bond donors (Lipinski definition) is 1. The third-order valence-corrected chi connectivity index (χ3v) is 6.63. The quantitative estimate of drug-likeness (QED) is 0.360. The van der Waals surface area contributed by atoms with Gasteiger partial charge in [-0.2, -0.15) is 19.2 Å². The van der Waals surface area contributed by atoms with Crippen LogP contribution in [0.3, 0.4) is 0 Å². The van der Waals surface area contributed by atoms with Crippen molar-refractivity contribution >= 4 is 67.6 Å². The molecular formula is C16H19IN2O6S2. The number of aryl methyl sites for hydroxylation is 1. The Bertz CT molecular complexity index is 792. The number of rotatable bonds is 3. The first-order valence-corrected chi connectivity index (χ1v) is 10.2. The fraction of sp³-hybridized carbons (Fsp3) is 0.375. The Morgan fingerprint density at radius 2 is 1.59 bits per heavy atom. The van der Waals surface area contributed by atoms with Crippen molar-refractivity contribution in [3.8, 4) is 0 Å². The van der Waals surface area contributed by atoms with Crippen molar-refractivity contribution in [3.63, 3.8) is 0 Å². The van der Waals surface area contributed by atoms with Crippen molar-refractivity contribution in [1.82, 2.24) is 0 Å². The van der Waals surface area contributed by atoms with E-state index in [0.717, 1.165) is 31.9 Å². The maximum absolute atomic E-state index is 10.5. The van der Waals surface area contributed by atoms with E-state index in [4.69, 9.17) is 24.9 Å². The first-order valence-electron chi connectivity index (χ1n) is 7.39. The highest BCUT2D eigenvalue weighted by molar-refractivity contribution is 14.1. The van der Waals surface area contributed by atoms with Crippen molar-refractivity contribution in [1.29, 1.82) is 0 Å². The molecule has 0 fully saturated rings. The highest BCUT2D eigenvalue weighted by Crippen LogP contribution is 2.35.